The van der Waals surface area contributed by atoms with Gasteiger partial charge in [-0.2, -0.15) is 0 Å². The van der Waals surface area contributed by atoms with Crippen molar-refractivity contribution in [3.05, 3.63) is 101 Å². The van der Waals surface area contributed by atoms with Crippen LogP contribution in [-0.2, 0) is 33.4 Å². The molecule has 2 atom stereocenters. The number of thioether (sulfide) groups is 1. The first-order valence-corrected chi connectivity index (χ1v) is 17.2. The minimum Gasteiger partial charge on any atom is -0.448 e. The summed E-state index contributed by atoms with van der Waals surface area (Å²) >= 11 is 1.26. The van der Waals surface area contributed by atoms with Crippen LogP contribution in [0.5, 0.6) is 11.5 Å². The van der Waals surface area contributed by atoms with Gasteiger partial charge in [0, 0.05) is 36.9 Å². The van der Waals surface area contributed by atoms with E-state index in [2.05, 4.69) is 10.6 Å². The number of rotatable bonds is 10. The Morgan fingerprint density at radius 3 is 2.02 bits per heavy atom. The summed E-state index contributed by atoms with van der Waals surface area (Å²) in [7, 11) is 0. The molecule has 2 aliphatic heterocycles. The van der Waals surface area contributed by atoms with Crippen LogP contribution in [0, 0.1) is 0 Å². The van der Waals surface area contributed by atoms with Gasteiger partial charge in [0.25, 0.3) is 5.91 Å². The molecule has 2 aliphatic rings. The highest BCUT2D eigenvalue weighted by Crippen LogP contribution is 2.42. The Bertz CT molecular complexity index is 1850. The van der Waals surface area contributed by atoms with Crippen molar-refractivity contribution in [3.63, 3.8) is 0 Å². The highest BCUT2D eigenvalue weighted by atomic mass is 32.2. The number of fused-ring (bicyclic) bond motifs is 1. The molecule has 2 N–H and O–H groups in total. The zero-order valence-electron chi connectivity index (χ0n) is 29.0. The molecule has 0 saturated carbocycles. The molecule has 3 amide bonds. The average molecular weight is 732 g/mol. The first kappa shape index (κ1) is 37.4. The standard InChI is InChI=1S/C37H37N3O11S/c1-21(41)48-27-17-16-26(18-28(27)49-22(2)42)38-35(45)47-19-25-20-52-33-29(39-36(46)51-37(3,4)5)32(43)40(33)30(25)34(44)50-31(23-12-8-6-9-13-23)24-14-10-7-11-15-24/h6-18,29,31,33H,19-20H2,1-5H3,(H,38,45)(H,39,46)/t29-,33-/m1/s1. The Morgan fingerprint density at radius 2 is 1.44 bits per heavy atom. The Labute approximate surface area is 303 Å². The van der Waals surface area contributed by atoms with Gasteiger partial charge in [0.1, 0.15) is 29.3 Å². The number of alkyl carbamates (subject to hydrolysis) is 1. The lowest BCUT2D eigenvalue weighted by atomic mass is 10.0. The number of ether oxygens (including phenoxy) is 5. The van der Waals surface area contributed by atoms with E-state index in [4.69, 9.17) is 23.7 Å². The molecule has 3 aromatic carbocycles. The molecule has 0 aliphatic carbocycles. The molecule has 0 bridgehead atoms. The fraction of sp³-hybridized carbons (Fsp3) is 0.297. The third-order valence-corrected chi connectivity index (χ3v) is 8.76. The summed E-state index contributed by atoms with van der Waals surface area (Å²) in [6.07, 6.45) is -2.56. The van der Waals surface area contributed by atoms with Crippen LogP contribution in [0.25, 0.3) is 0 Å². The molecule has 1 fully saturated rings. The van der Waals surface area contributed by atoms with Crippen molar-refractivity contribution in [1.82, 2.24) is 10.2 Å². The Morgan fingerprint density at radius 1 is 0.846 bits per heavy atom. The lowest BCUT2D eigenvalue weighted by molar-refractivity contribution is -0.153. The first-order valence-electron chi connectivity index (χ1n) is 16.1. The highest BCUT2D eigenvalue weighted by Gasteiger charge is 2.55. The molecule has 1 saturated heterocycles. The number of amides is 3. The van der Waals surface area contributed by atoms with Gasteiger partial charge in [-0.3, -0.25) is 24.6 Å². The van der Waals surface area contributed by atoms with E-state index >= 15 is 0 Å². The van der Waals surface area contributed by atoms with E-state index in [9.17, 15) is 28.8 Å². The summed E-state index contributed by atoms with van der Waals surface area (Å²) in [5, 5.41) is 4.43. The normalized spacial score (nSPS) is 16.6. The number of anilines is 1. The first-order chi connectivity index (χ1) is 24.7. The number of esters is 3. The van der Waals surface area contributed by atoms with E-state index < -0.39 is 65.7 Å². The van der Waals surface area contributed by atoms with Gasteiger partial charge in [-0.1, -0.05) is 60.7 Å². The van der Waals surface area contributed by atoms with E-state index in [1.807, 2.05) is 60.7 Å². The smallest absolute Gasteiger partial charge is 0.411 e. The highest BCUT2D eigenvalue weighted by molar-refractivity contribution is 8.00. The zero-order valence-corrected chi connectivity index (χ0v) is 29.8. The van der Waals surface area contributed by atoms with Crippen molar-refractivity contribution in [3.8, 4) is 11.5 Å². The molecular weight excluding hydrogens is 694 g/mol. The van der Waals surface area contributed by atoms with Crippen molar-refractivity contribution < 1.29 is 52.5 Å². The van der Waals surface area contributed by atoms with Crippen LogP contribution in [0.2, 0.25) is 0 Å². The lowest BCUT2D eigenvalue weighted by Crippen LogP contribution is -2.71. The number of hydrogen-bond donors (Lipinski definition) is 2. The van der Waals surface area contributed by atoms with Gasteiger partial charge in [-0.15, -0.1) is 11.8 Å². The number of β-lactam (4-membered cyclic amide) rings is 1. The van der Waals surface area contributed by atoms with Gasteiger partial charge >= 0.3 is 30.1 Å². The second kappa shape index (κ2) is 16.0. The van der Waals surface area contributed by atoms with Crippen LogP contribution in [0.15, 0.2) is 90.1 Å². The zero-order chi connectivity index (χ0) is 37.6. The molecule has 0 radical (unpaired) electrons. The van der Waals surface area contributed by atoms with Crippen molar-refractivity contribution >= 4 is 53.5 Å². The maximum absolute atomic E-state index is 14.2. The van der Waals surface area contributed by atoms with E-state index in [1.165, 1.54) is 41.8 Å². The summed E-state index contributed by atoms with van der Waals surface area (Å²) in [5.74, 6) is -2.73. The maximum Gasteiger partial charge on any atom is 0.411 e. The summed E-state index contributed by atoms with van der Waals surface area (Å²) in [5.41, 5.74) is 0.903. The number of carbonyl (C=O) groups excluding carboxylic acids is 6. The second-order valence-corrected chi connectivity index (χ2v) is 13.7. The van der Waals surface area contributed by atoms with Gasteiger partial charge in [0.15, 0.2) is 17.6 Å². The van der Waals surface area contributed by atoms with Crippen LogP contribution < -0.4 is 20.1 Å². The number of hydrogen-bond acceptors (Lipinski definition) is 12. The van der Waals surface area contributed by atoms with E-state index in [0.29, 0.717) is 11.1 Å². The van der Waals surface area contributed by atoms with Crippen molar-refractivity contribution in [2.24, 2.45) is 0 Å². The molecule has 5 rings (SSSR count). The minimum atomic E-state index is -0.978. The molecule has 14 nitrogen and oxygen atoms in total. The van der Waals surface area contributed by atoms with Gasteiger partial charge < -0.3 is 29.0 Å². The molecule has 15 heteroatoms. The van der Waals surface area contributed by atoms with Gasteiger partial charge in [0.2, 0.25) is 0 Å². The topological polar surface area (TPSA) is 176 Å². The average Bonchev–Trinajstić information content (AvgIpc) is 3.08. The molecule has 2 heterocycles. The summed E-state index contributed by atoms with van der Waals surface area (Å²) in [6, 6.07) is 21.2. The summed E-state index contributed by atoms with van der Waals surface area (Å²) < 4.78 is 27.1. The predicted octanol–water partition coefficient (Wildman–Crippen LogP) is 5.48. The second-order valence-electron chi connectivity index (χ2n) is 12.6. The molecule has 0 spiro atoms. The van der Waals surface area contributed by atoms with Gasteiger partial charge in [-0.25, -0.2) is 14.4 Å². The predicted molar refractivity (Wildman–Crippen MR) is 188 cm³/mol. The van der Waals surface area contributed by atoms with Crippen LogP contribution in [-0.4, -0.2) is 70.3 Å². The third kappa shape index (κ3) is 9.28. The Kier molecular flexibility index (Phi) is 11.5. The third-order valence-electron chi connectivity index (χ3n) is 7.42. The van der Waals surface area contributed by atoms with Crippen LogP contribution in [0.3, 0.4) is 0 Å². The lowest BCUT2D eigenvalue weighted by Gasteiger charge is -2.49. The van der Waals surface area contributed by atoms with Crippen LogP contribution in [0.1, 0.15) is 51.8 Å². The fourth-order valence-corrected chi connectivity index (χ4v) is 6.66. The number of benzene rings is 3. The molecule has 272 valence electrons. The molecule has 0 unspecified atom stereocenters. The van der Waals surface area contributed by atoms with E-state index in [1.54, 1.807) is 20.8 Å². The number of nitrogens with one attached hydrogen (secondary N) is 2. The largest absolute Gasteiger partial charge is 0.448 e. The molecule has 52 heavy (non-hydrogen) atoms. The van der Waals surface area contributed by atoms with Crippen molar-refractivity contribution in [2.75, 3.05) is 17.7 Å². The van der Waals surface area contributed by atoms with Crippen LogP contribution in [0.4, 0.5) is 15.3 Å². The maximum atomic E-state index is 14.2. The SMILES string of the molecule is CC(=O)Oc1ccc(NC(=O)OCC2=C(C(=O)OC(c3ccccc3)c3ccccc3)N3C(=O)[C@@H](NC(=O)OC(C)(C)C)[C@H]3SC2)cc1OC(C)=O. The summed E-state index contributed by atoms with van der Waals surface area (Å²) in [6.45, 7) is 7.03. The minimum absolute atomic E-state index is 0.0355. The summed E-state index contributed by atoms with van der Waals surface area (Å²) in [4.78, 5) is 77.6. The Hall–Kier alpha value is -5.83. The van der Waals surface area contributed by atoms with Gasteiger partial charge in [-0.05, 0) is 44.0 Å². The monoisotopic (exact) mass is 731 g/mol. The quantitative estimate of drug-likeness (QED) is 0.116. The number of nitrogens with zero attached hydrogens (tertiary/aromatic N) is 1. The van der Waals surface area contributed by atoms with Gasteiger partial charge in [0.05, 0.1) is 0 Å². The van der Waals surface area contributed by atoms with Crippen LogP contribution >= 0.6 is 11.8 Å². The number of carbonyl (C=O) groups is 6. The molecule has 0 aromatic heterocycles. The molecule has 3 aromatic rings. The van der Waals surface area contributed by atoms with E-state index in [-0.39, 0.29) is 34.2 Å². The van der Waals surface area contributed by atoms with E-state index in [0.717, 1.165) is 6.92 Å². The fourth-order valence-electron chi connectivity index (χ4n) is 5.33. The Balaban J connectivity index is 1.40. The van der Waals surface area contributed by atoms with Crippen molar-refractivity contribution in [1.29, 1.82) is 0 Å². The molecular formula is C37H37N3O11S. The van der Waals surface area contributed by atoms with Crippen molar-refractivity contribution in [2.45, 2.75) is 57.7 Å².